The molecule has 1 N–H and O–H groups in total. The zero-order chi connectivity index (χ0) is 11.7. The fourth-order valence-corrected chi connectivity index (χ4v) is 2.47. The molecule has 1 amide bonds. The van der Waals surface area contributed by atoms with Crippen LogP contribution in [0.4, 0.5) is 5.69 Å². The number of halogens is 3. The van der Waals surface area contributed by atoms with Crippen LogP contribution >= 0.6 is 34.8 Å². The van der Waals surface area contributed by atoms with Crippen molar-refractivity contribution >= 4 is 46.4 Å². The fraction of sp³-hybridized carbons (Fsp3) is 0.364. The Labute approximate surface area is 109 Å². The van der Waals surface area contributed by atoms with Gasteiger partial charge in [-0.15, -0.1) is 0 Å². The molecule has 1 aliphatic carbocycles. The van der Waals surface area contributed by atoms with E-state index < -0.39 is 0 Å². The predicted octanol–water partition coefficient (Wildman–Crippen LogP) is 4.39. The van der Waals surface area contributed by atoms with E-state index in [0.717, 1.165) is 19.3 Å². The number of hydrogen-bond donors (Lipinski definition) is 1. The molecule has 0 aromatic heterocycles. The summed E-state index contributed by atoms with van der Waals surface area (Å²) in [4.78, 5) is 11.7. The first kappa shape index (κ1) is 12.0. The molecule has 1 fully saturated rings. The summed E-state index contributed by atoms with van der Waals surface area (Å²) in [7, 11) is 0. The third kappa shape index (κ3) is 2.45. The molecule has 16 heavy (non-hydrogen) atoms. The summed E-state index contributed by atoms with van der Waals surface area (Å²) in [5.41, 5.74) is 0.449. The van der Waals surface area contributed by atoms with Crippen LogP contribution in [0.15, 0.2) is 12.1 Å². The molecule has 0 heterocycles. The van der Waals surface area contributed by atoms with E-state index in [2.05, 4.69) is 5.32 Å². The predicted molar refractivity (Wildman–Crippen MR) is 67.4 cm³/mol. The molecular formula is C11H10Cl3NO. The number of carbonyl (C=O) groups excluding carboxylic acids is 1. The highest BCUT2D eigenvalue weighted by Gasteiger charge is 2.26. The molecule has 0 bridgehead atoms. The van der Waals surface area contributed by atoms with Crippen molar-refractivity contribution in [2.45, 2.75) is 19.3 Å². The number of anilines is 1. The molecule has 1 saturated carbocycles. The number of hydrogen-bond acceptors (Lipinski definition) is 1. The van der Waals surface area contributed by atoms with E-state index in [1.807, 2.05) is 0 Å². The van der Waals surface area contributed by atoms with E-state index in [-0.39, 0.29) is 11.8 Å². The maximum Gasteiger partial charge on any atom is 0.227 e. The van der Waals surface area contributed by atoms with Gasteiger partial charge in [0.15, 0.2) is 0 Å². The standard InChI is InChI=1S/C11H10Cl3NO/c12-7-4-8(13)10(9(14)5-7)15-11(16)6-2-1-3-6/h4-6H,1-3H2,(H,15,16). The SMILES string of the molecule is O=C(Nc1c(Cl)cc(Cl)cc1Cl)C1CCC1. The zero-order valence-corrected chi connectivity index (χ0v) is 10.7. The van der Waals surface area contributed by atoms with Crippen molar-refractivity contribution in [2.24, 2.45) is 5.92 Å². The molecule has 2 rings (SSSR count). The fourth-order valence-electron chi connectivity index (χ4n) is 1.56. The van der Waals surface area contributed by atoms with Crippen LogP contribution in [0.3, 0.4) is 0 Å². The highest BCUT2D eigenvalue weighted by atomic mass is 35.5. The lowest BCUT2D eigenvalue weighted by molar-refractivity contribution is -0.122. The maximum atomic E-state index is 11.7. The maximum absolute atomic E-state index is 11.7. The molecule has 1 aromatic carbocycles. The summed E-state index contributed by atoms with van der Waals surface area (Å²) >= 11 is 17.7. The van der Waals surface area contributed by atoms with Crippen molar-refractivity contribution in [1.82, 2.24) is 0 Å². The average molecular weight is 279 g/mol. The number of rotatable bonds is 2. The molecule has 0 atom stereocenters. The molecule has 0 saturated heterocycles. The lowest BCUT2D eigenvalue weighted by atomic mass is 9.85. The van der Waals surface area contributed by atoms with Gasteiger partial charge in [0.05, 0.1) is 15.7 Å². The minimum absolute atomic E-state index is 0.0163. The highest BCUT2D eigenvalue weighted by molar-refractivity contribution is 6.42. The van der Waals surface area contributed by atoms with Gasteiger partial charge < -0.3 is 5.32 Å². The topological polar surface area (TPSA) is 29.1 Å². The van der Waals surface area contributed by atoms with Gasteiger partial charge in [-0.25, -0.2) is 0 Å². The summed E-state index contributed by atoms with van der Waals surface area (Å²) in [5, 5.41) is 3.93. The Hall–Kier alpha value is -0.440. The quantitative estimate of drug-likeness (QED) is 0.854. The first-order chi connectivity index (χ1) is 7.58. The Bertz CT molecular complexity index is 406. The van der Waals surface area contributed by atoms with Gasteiger partial charge in [0.1, 0.15) is 0 Å². The summed E-state index contributed by atoms with van der Waals surface area (Å²) < 4.78 is 0. The van der Waals surface area contributed by atoms with Crippen LogP contribution in [0.25, 0.3) is 0 Å². The molecule has 5 heteroatoms. The second-order valence-electron chi connectivity index (χ2n) is 3.86. The van der Waals surface area contributed by atoms with E-state index in [1.54, 1.807) is 12.1 Å². The number of amides is 1. The number of benzene rings is 1. The molecule has 86 valence electrons. The van der Waals surface area contributed by atoms with Crippen LogP contribution < -0.4 is 5.32 Å². The lowest BCUT2D eigenvalue weighted by Crippen LogP contribution is -2.28. The Balaban J connectivity index is 2.17. The Morgan fingerprint density at radius 3 is 2.19 bits per heavy atom. The van der Waals surface area contributed by atoms with Crippen LogP contribution in [0.1, 0.15) is 19.3 Å². The van der Waals surface area contributed by atoms with E-state index in [9.17, 15) is 4.79 Å². The smallest absolute Gasteiger partial charge is 0.227 e. The third-order valence-electron chi connectivity index (χ3n) is 2.73. The van der Waals surface area contributed by atoms with E-state index in [4.69, 9.17) is 34.8 Å². The van der Waals surface area contributed by atoms with Crippen molar-refractivity contribution in [1.29, 1.82) is 0 Å². The van der Waals surface area contributed by atoms with Gasteiger partial charge in [-0.05, 0) is 25.0 Å². The third-order valence-corrected chi connectivity index (χ3v) is 3.55. The molecule has 0 radical (unpaired) electrons. The van der Waals surface area contributed by atoms with Crippen LogP contribution in [-0.2, 0) is 4.79 Å². The van der Waals surface area contributed by atoms with Gasteiger partial charge in [-0.1, -0.05) is 41.2 Å². The van der Waals surface area contributed by atoms with Crippen LogP contribution in [0.2, 0.25) is 15.1 Å². The Morgan fingerprint density at radius 1 is 1.19 bits per heavy atom. The molecule has 2 nitrogen and oxygen atoms in total. The summed E-state index contributed by atoms with van der Waals surface area (Å²) in [5.74, 6) is 0.0835. The van der Waals surface area contributed by atoms with Gasteiger partial charge in [0, 0.05) is 10.9 Å². The second-order valence-corrected chi connectivity index (χ2v) is 5.11. The molecule has 0 aliphatic heterocycles. The summed E-state index contributed by atoms with van der Waals surface area (Å²) in [6, 6.07) is 3.12. The zero-order valence-electron chi connectivity index (χ0n) is 8.40. The number of nitrogens with one attached hydrogen (secondary N) is 1. The Kier molecular flexibility index (Phi) is 3.63. The molecule has 0 unspecified atom stereocenters. The second kappa shape index (κ2) is 4.82. The van der Waals surface area contributed by atoms with Gasteiger partial charge in [-0.3, -0.25) is 4.79 Å². The van der Waals surface area contributed by atoms with Crippen molar-refractivity contribution in [3.05, 3.63) is 27.2 Å². The van der Waals surface area contributed by atoms with Crippen LogP contribution in [0, 0.1) is 5.92 Å². The normalized spacial score (nSPS) is 15.7. The summed E-state index contributed by atoms with van der Waals surface area (Å²) in [6.45, 7) is 0. The molecule has 1 aromatic rings. The van der Waals surface area contributed by atoms with Crippen LogP contribution in [-0.4, -0.2) is 5.91 Å². The monoisotopic (exact) mass is 277 g/mol. The molecule has 1 aliphatic rings. The first-order valence-corrected chi connectivity index (χ1v) is 6.16. The van der Waals surface area contributed by atoms with Gasteiger partial charge in [0.2, 0.25) is 5.91 Å². The van der Waals surface area contributed by atoms with Crippen molar-refractivity contribution in [3.63, 3.8) is 0 Å². The highest BCUT2D eigenvalue weighted by Crippen LogP contribution is 2.35. The van der Waals surface area contributed by atoms with E-state index in [1.165, 1.54) is 0 Å². The average Bonchev–Trinajstić information content (AvgIpc) is 2.08. The van der Waals surface area contributed by atoms with Gasteiger partial charge in [-0.2, -0.15) is 0 Å². The summed E-state index contributed by atoms with van der Waals surface area (Å²) in [6.07, 6.45) is 2.99. The van der Waals surface area contributed by atoms with Crippen LogP contribution in [0.5, 0.6) is 0 Å². The first-order valence-electron chi connectivity index (χ1n) is 5.03. The van der Waals surface area contributed by atoms with E-state index >= 15 is 0 Å². The van der Waals surface area contributed by atoms with E-state index in [0.29, 0.717) is 20.8 Å². The van der Waals surface area contributed by atoms with Gasteiger partial charge in [0.25, 0.3) is 0 Å². The minimum Gasteiger partial charge on any atom is -0.323 e. The number of carbonyl (C=O) groups is 1. The van der Waals surface area contributed by atoms with Crippen molar-refractivity contribution in [3.8, 4) is 0 Å². The molecule has 0 spiro atoms. The minimum atomic E-state index is -0.0163. The largest absolute Gasteiger partial charge is 0.323 e. The van der Waals surface area contributed by atoms with Crippen molar-refractivity contribution < 1.29 is 4.79 Å². The van der Waals surface area contributed by atoms with Gasteiger partial charge >= 0.3 is 0 Å². The lowest BCUT2D eigenvalue weighted by Gasteiger charge is -2.24. The van der Waals surface area contributed by atoms with Crippen molar-refractivity contribution in [2.75, 3.05) is 5.32 Å². The molecular weight excluding hydrogens is 268 g/mol. The Morgan fingerprint density at radius 2 is 1.75 bits per heavy atom.